The minimum absolute atomic E-state index is 0.722. The number of nitrogens with zero attached hydrogens (tertiary/aromatic N) is 1. The molecule has 0 aromatic heterocycles. The number of ether oxygens (including phenoxy) is 1. The van der Waals surface area contributed by atoms with Crippen LogP contribution in [0.25, 0.3) is 0 Å². The van der Waals surface area contributed by atoms with Crippen LogP contribution in [0.3, 0.4) is 0 Å². The van der Waals surface area contributed by atoms with Gasteiger partial charge in [-0.2, -0.15) is 0 Å². The van der Waals surface area contributed by atoms with Gasteiger partial charge in [0.15, 0.2) is 0 Å². The fourth-order valence-electron chi connectivity index (χ4n) is 0.328. The third-order valence-electron chi connectivity index (χ3n) is 0.605. The number of thioether (sulfide) groups is 1. The van der Waals surface area contributed by atoms with Crippen molar-refractivity contribution >= 4 is 17.0 Å². The second-order valence-electron chi connectivity index (χ2n) is 1.03. The lowest BCUT2D eigenvalue weighted by atomic mass is 10.8. The van der Waals surface area contributed by atoms with Crippen molar-refractivity contribution in [2.45, 2.75) is 0 Å². The molecular weight excluding hydrogens is 110 g/mol. The molecule has 1 aliphatic heterocycles. The van der Waals surface area contributed by atoms with E-state index in [1.165, 1.54) is 0 Å². The molecule has 0 saturated carbocycles. The molecule has 7 heavy (non-hydrogen) atoms. The average Bonchev–Trinajstić information content (AvgIpc) is 2.14. The summed E-state index contributed by atoms with van der Waals surface area (Å²) >= 11 is 1.56. The number of rotatable bonds is 0. The van der Waals surface area contributed by atoms with Crippen LogP contribution in [0.15, 0.2) is 4.99 Å². The molecule has 0 bridgehead atoms. The lowest BCUT2D eigenvalue weighted by Crippen LogP contribution is -1.87. The second-order valence-corrected chi connectivity index (χ2v) is 1.96. The van der Waals surface area contributed by atoms with Crippen LogP contribution in [0.5, 0.6) is 0 Å². The highest BCUT2D eigenvalue weighted by Crippen LogP contribution is 2.13. The highest BCUT2D eigenvalue weighted by atomic mass is 32.2. The Kier molecular flexibility index (Phi) is 1.57. The van der Waals surface area contributed by atoms with Gasteiger partial charge in [0, 0.05) is 5.75 Å². The standard InChI is InChI=1S/C4H5NOS/c1-6-4-5-2-3-7-4/h3H2,1H3. The number of hydrogen-bond acceptors (Lipinski definition) is 3. The van der Waals surface area contributed by atoms with Gasteiger partial charge in [-0.05, 0) is 0 Å². The summed E-state index contributed by atoms with van der Waals surface area (Å²) in [6, 6.07) is 0. The smallest absolute Gasteiger partial charge is 0.246 e. The Balaban J connectivity index is 2.36. The molecule has 1 rings (SSSR count). The van der Waals surface area contributed by atoms with E-state index < -0.39 is 0 Å². The summed E-state index contributed by atoms with van der Waals surface area (Å²) in [6.07, 6.45) is 0. The van der Waals surface area contributed by atoms with Gasteiger partial charge in [-0.1, -0.05) is 11.8 Å². The van der Waals surface area contributed by atoms with Crippen LogP contribution in [0, 0.1) is 6.54 Å². The van der Waals surface area contributed by atoms with Crippen molar-refractivity contribution < 1.29 is 4.74 Å². The number of aliphatic imine (C=N–C) groups is 1. The first-order valence-electron chi connectivity index (χ1n) is 1.91. The molecular formula is C4H5NOS. The molecule has 2 radical (unpaired) electrons. The molecule has 0 spiro atoms. The largest absolute Gasteiger partial charge is 0.476 e. The quantitative estimate of drug-likeness (QED) is 0.465. The summed E-state index contributed by atoms with van der Waals surface area (Å²) in [5.41, 5.74) is 0. The third-order valence-corrected chi connectivity index (χ3v) is 1.38. The molecule has 0 N–H and O–H groups in total. The minimum Gasteiger partial charge on any atom is -0.476 e. The van der Waals surface area contributed by atoms with Gasteiger partial charge in [-0.15, -0.1) is 0 Å². The fraction of sp³-hybridized carbons (Fsp3) is 0.500. The van der Waals surface area contributed by atoms with E-state index in [1.54, 1.807) is 18.9 Å². The van der Waals surface area contributed by atoms with Crippen LogP contribution in [-0.2, 0) is 4.74 Å². The number of hydrogen-bond donors (Lipinski definition) is 0. The van der Waals surface area contributed by atoms with Crippen molar-refractivity contribution in [2.24, 2.45) is 4.99 Å². The van der Waals surface area contributed by atoms with Crippen molar-refractivity contribution in [2.75, 3.05) is 12.9 Å². The van der Waals surface area contributed by atoms with Crippen LogP contribution >= 0.6 is 11.8 Å². The lowest BCUT2D eigenvalue weighted by molar-refractivity contribution is 0.416. The van der Waals surface area contributed by atoms with Crippen LogP contribution in [0.1, 0.15) is 0 Å². The fourth-order valence-corrected chi connectivity index (χ4v) is 0.827. The molecule has 0 aromatic rings. The molecule has 1 aliphatic rings. The van der Waals surface area contributed by atoms with Crippen LogP contribution in [-0.4, -0.2) is 18.1 Å². The highest BCUT2D eigenvalue weighted by Gasteiger charge is 2.05. The zero-order valence-electron chi connectivity index (χ0n) is 3.97. The van der Waals surface area contributed by atoms with Crippen molar-refractivity contribution in [1.82, 2.24) is 0 Å². The van der Waals surface area contributed by atoms with Gasteiger partial charge in [-0.25, -0.2) is 4.99 Å². The molecule has 0 atom stereocenters. The normalized spacial score (nSPS) is 19.3. The Bertz CT molecular complexity index is 91.7. The van der Waals surface area contributed by atoms with Gasteiger partial charge >= 0.3 is 0 Å². The maximum atomic E-state index is 4.76. The van der Waals surface area contributed by atoms with Crippen molar-refractivity contribution in [1.29, 1.82) is 0 Å². The van der Waals surface area contributed by atoms with Gasteiger partial charge in [0.25, 0.3) is 0 Å². The topological polar surface area (TPSA) is 21.6 Å². The zero-order valence-corrected chi connectivity index (χ0v) is 4.79. The molecule has 38 valence electrons. The van der Waals surface area contributed by atoms with E-state index in [4.69, 9.17) is 4.74 Å². The summed E-state index contributed by atoms with van der Waals surface area (Å²) < 4.78 is 4.76. The molecule has 1 heterocycles. The first-order chi connectivity index (χ1) is 3.43. The minimum atomic E-state index is 0.722. The van der Waals surface area contributed by atoms with Gasteiger partial charge in [0.2, 0.25) is 5.23 Å². The van der Waals surface area contributed by atoms with E-state index in [0.717, 1.165) is 11.0 Å². The molecule has 0 unspecified atom stereocenters. The SMILES string of the molecule is COC1=N[C]CS1. The molecule has 2 nitrogen and oxygen atoms in total. The Morgan fingerprint density at radius 2 is 2.86 bits per heavy atom. The Hall–Kier alpha value is -0.180. The third kappa shape index (κ3) is 1.09. The van der Waals surface area contributed by atoms with Crippen LogP contribution in [0.2, 0.25) is 0 Å². The zero-order chi connectivity index (χ0) is 5.11. The predicted octanol–water partition coefficient (Wildman–Crippen LogP) is 0.774. The molecule has 0 amide bonds. The highest BCUT2D eigenvalue weighted by molar-refractivity contribution is 8.13. The van der Waals surface area contributed by atoms with E-state index in [-0.39, 0.29) is 0 Å². The van der Waals surface area contributed by atoms with Gasteiger partial charge in [0.1, 0.15) is 6.54 Å². The summed E-state index contributed by atoms with van der Waals surface area (Å²) in [5, 5.41) is 0.722. The first kappa shape index (κ1) is 4.97. The molecule has 0 fully saturated rings. The second kappa shape index (κ2) is 2.21. The van der Waals surface area contributed by atoms with E-state index in [9.17, 15) is 0 Å². The van der Waals surface area contributed by atoms with E-state index in [2.05, 4.69) is 11.5 Å². The number of methoxy groups -OCH3 is 1. The van der Waals surface area contributed by atoms with E-state index >= 15 is 0 Å². The Morgan fingerprint density at radius 1 is 2.00 bits per heavy atom. The van der Waals surface area contributed by atoms with Gasteiger partial charge < -0.3 is 4.74 Å². The summed E-state index contributed by atoms with van der Waals surface area (Å²) in [7, 11) is 1.61. The van der Waals surface area contributed by atoms with Gasteiger partial charge in [-0.3, -0.25) is 0 Å². The monoisotopic (exact) mass is 115 g/mol. The Morgan fingerprint density at radius 3 is 3.14 bits per heavy atom. The van der Waals surface area contributed by atoms with Crippen molar-refractivity contribution in [3.63, 3.8) is 0 Å². The lowest BCUT2D eigenvalue weighted by Gasteiger charge is -1.90. The van der Waals surface area contributed by atoms with Crippen LogP contribution in [0.4, 0.5) is 0 Å². The summed E-state index contributed by atoms with van der Waals surface area (Å²) in [4.78, 5) is 3.76. The van der Waals surface area contributed by atoms with Crippen molar-refractivity contribution in [3.8, 4) is 0 Å². The Labute approximate surface area is 47.0 Å². The molecule has 0 aliphatic carbocycles. The summed E-state index contributed by atoms with van der Waals surface area (Å²) in [6.45, 7) is 2.75. The molecule has 0 saturated heterocycles. The first-order valence-corrected chi connectivity index (χ1v) is 2.89. The average molecular weight is 115 g/mol. The van der Waals surface area contributed by atoms with Gasteiger partial charge in [0.05, 0.1) is 7.11 Å². The molecule has 0 aromatic carbocycles. The van der Waals surface area contributed by atoms with Crippen molar-refractivity contribution in [3.05, 3.63) is 6.54 Å². The molecule has 3 heteroatoms. The van der Waals surface area contributed by atoms with E-state index in [1.807, 2.05) is 0 Å². The van der Waals surface area contributed by atoms with E-state index in [0.29, 0.717) is 0 Å². The maximum absolute atomic E-state index is 4.76. The van der Waals surface area contributed by atoms with Crippen LogP contribution < -0.4 is 0 Å². The summed E-state index contributed by atoms with van der Waals surface area (Å²) in [5.74, 6) is 0.836. The maximum Gasteiger partial charge on any atom is 0.246 e. The predicted molar refractivity (Wildman–Crippen MR) is 30.1 cm³/mol.